The fourth-order valence-corrected chi connectivity index (χ4v) is 2.29. The quantitative estimate of drug-likeness (QED) is 0.692. The maximum absolute atomic E-state index is 10.9. The lowest BCUT2D eigenvalue weighted by Crippen LogP contribution is -2.12. The lowest BCUT2D eigenvalue weighted by atomic mass is 10.2. The fraction of sp³-hybridized carbons (Fsp3) is 0. The molecule has 0 atom stereocenters. The van der Waals surface area contributed by atoms with E-state index in [4.69, 9.17) is 27.0 Å². The molecule has 2 aromatic rings. The second-order valence-electron chi connectivity index (χ2n) is 3.75. The van der Waals surface area contributed by atoms with Crippen molar-refractivity contribution in [3.8, 4) is 6.07 Å². The maximum Gasteiger partial charge on any atom is 0.259 e. The molecule has 1 aromatic carbocycles. The summed E-state index contributed by atoms with van der Waals surface area (Å²) in [5, 5.41) is 10.1. The van der Waals surface area contributed by atoms with Crippen LogP contribution in [0.5, 0.6) is 0 Å². The number of primary amides is 1. The Morgan fingerprint density at radius 1 is 1.30 bits per heavy atom. The Hall–Kier alpha value is -2.16. The van der Waals surface area contributed by atoms with Crippen LogP contribution in [0.15, 0.2) is 56.4 Å². The Bertz CT molecular complexity index is 699. The summed E-state index contributed by atoms with van der Waals surface area (Å²) in [6.45, 7) is 0. The predicted molar refractivity (Wildman–Crippen MR) is 77.1 cm³/mol. The number of halogens is 1. The van der Waals surface area contributed by atoms with Gasteiger partial charge in [0.05, 0.1) is 0 Å². The van der Waals surface area contributed by atoms with E-state index in [1.165, 1.54) is 17.8 Å². The van der Waals surface area contributed by atoms with E-state index in [1.807, 2.05) is 12.1 Å². The predicted octanol–water partition coefficient (Wildman–Crippen LogP) is 3.48. The summed E-state index contributed by atoms with van der Waals surface area (Å²) < 4.78 is 5.49. The average Bonchev–Trinajstić information content (AvgIpc) is 2.86. The van der Waals surface area contributed by atoms with Crippen LogP contribution in [0.25, 0.3) is 6.08 Å². The van der Waals surface area contributed by atoms with Gasteiger partial charge in [0.25, 0.3) is 5.91 Å². The first-order valence-corrected chi connectivity index (χ1v) is 6.73. The van der Waals surface area contributed by atoms with Gasteiger partial charge >= 0.3 is 0 Å². The summed E-state index contributed by atoms with van der Waals surface area (Å²) in [5.74, 6) is -0.382. The monoisotopic (exact) mass is 304 g/mol. The highest BCUT2D eigenvalue weighted by molar-refractivity contribution is 7.99. The molecule has 0 aliphatic heterocycles. The molecule has 2 N–H and O–H groups in total. The first-order chi connectivity index (χ1) is 9.58. The largest absolute Gasteiger partial charge is 0.450 e. The minimum atomic E-state index is -0.782. The van der Waals surface area contributed by atoms with Crippen LogP contribution in [0.2, 0.25) is 5.02 Å². The molecular formula is C14H9ClN2O2S. The zero-order chi connectivity index (χ0) is 14.5. The van der Waals surface area contributed by atoms with E-state index in [0.29, 0.717) is 15.9 Å². The number of hydrogen-bond donors (Lipinski definition) is 1. The minimum absolute atomic E-state index is 0.151. The fourth-order valence-electron chi connectivity index (χ4n) is 1.39. The maximum atomic E-state index is 10.9. The molecule has 1 heterocycles. The number of nitriles is 1. The molecule has 0 aliphatic carbocycles. The summed E-state index contributed by atoms with van der Waals surface area (Å²) in [6.07, 6.45) is 1.31. The number of nitrogens with zero attached hydrogens (tertiary/aromatic N) is 1. The van der Waals surface area contributed by atoms with Gasteiger partial charge in [-0.2, -0.15) is 5.26 Å². The molecule has 0 bridgehead atoms. The van der Waals surface area contributed by atoms with Crippen LogP contribution in [-0.2, 0) is 4.79 Å². The van der Waals surface area contributed by atoms with Crippen molar-refractivity contribution in [2.75, 3.05) is 0 Å². The Morgan fingerprint density at radius 2 is 2.00 bits per heavy atom. The number of hydrogen-bond acceptors (Lipinski definition) is 4. The van der Waals surface area contributed by atoms with Crippen molar-refractivity contribution in [1.29, 1.82) is 5.26 Å². The van der Waals surface area contributed by atoms with Crippen molar-refractivity contribution >= 4 is 35.3 Å². The Labute approximate surface area is 124 Å². The number of carbonyl (C=O) groups is 1. The second-order valence-corrected chi connectivity index (χ2v) is 5.26. The highest BCUT2D eigenvalue weighted by atomic mass is 35.5. The van der Waals surface area contributed by atoms with Crippen LogP contribution >= 0.6 is 23.4 Å². The summed E-state index contributed by atoms with van der Waals surface area (Å²) in [4.78, 5) is 11.9. The lowest BCUT2D eigenvalue weighted by Gasteiger charge is -1.97. The topological polar surface area (TPSA) is 80.0 Å². The minimum Gasteiger partial charge on any atom is -0.450 e. The SMILES string of the molecule is N#C/C(=C/c1ccc(Sc2ccc(Cl)cc2)o1)C(N)=O. The molecule has 1 aromatic heterocycles. The third-order valence-electron chi connectivity index (χ3n) is 2.31. The van der Waals surface area contributed by atoms with E-state index in [-0.39, 0.29) is 5.57 Å². The highest BCUT2D eigenvalue weighted by Gasteiger charge is 2.07. The van der Waals surface area contributed by atoms with Crippen molar-refractivity contribution in [3.05, 3.63) is 52.8 Å². The van der Waals surface area contributed by atoms with Crippen LogP contribution in [0.3, 0.4) is 0 Å². The summed E-state index contributed by atoms with van der Waals surface area (Å²) >= 11 is 7.21. The molecular weight excluding hydrogens is 296 g/mol. The zero-order valence-corrected chi connectivity index (χ0v) is 11.7. The molecule has 0 radical (unpaired) electrons. The number of rotatable bonds is 4. The van der Waals surface area contributed by atoms with Gasteiger partial charge in [0.1, 0.15) is 17.4 Å². The van der Waals surface area contributed by atoms with Gasteiger partial charge < -0.3 is 10.2 Å². The Kier molecular flexibility index (Phi) is 4.51. The van der Waals surface area contributed by atoms with Gasteiger partial charge in [-0.3, -0.25) is 4.79 Å². The second kappa shape index (κ2) is 6.33. The molecule has 0 saturated carbocycles. The number of furan rings is 1. The standard InChI is InChI=1S/C14H9ClN2O2S/c15-10-1-4-12(5-2-10)20-13-6-3-11(19-13)7-9(8-16)14(17)18/h1-7H,(H2,17,18)/b9-7-. The van der Waals surface area contributed by atoms with Crippen LogP contribution < -0.4 is 5.73 Å². The van der Waals surface area contributed by atoms with E-state index in [2.05, 4.69) is 0 Å². The Balaban J connectivity index is 2.15. The van der Waals surface area contributed by atoms with Gasteiger partial charge in [0.15, 0.2) is 5.09 Å². The molecule has 20 heavy (non-hydrogen) atoms. The molecule has 4 nitrogen and oxygen atoms in total. The molecule has 0 saturated heterocycles. The van der Waals surface area contributed by atoms with Gasteiger partial charge in [0, 0.05) is 16.0 Å². The van der Waals surface area contributed by atoms with Crippen LogP contribution in [0, 0.1) is 11.3 Å². The molecule has 6 heteroatoms. The van der Waals surface area contributed by atoms with Crippen molar-refractivity contribution in [2.24, 2.45) is 5.73 Å². The van der Waals surface area contributed by atoms with Gasteiger partial charge in [-0.05, 0) is 36.4 Å². The summed E-state index contributed by atoms with van der Waals surface area (Å²) in [7, 11) is 0. The molecule has 0 unspecified atom stereocenters. The summed E-state index contributed by atoms with van der Waals surface area (Å²) in [5.41, 5.74) is 4.90. The van der Waals surface area contributed by atoms with Crippen molar-refractivity contribution in [2.45, 2.75) is 9.99 Å². The van der Waals surface area contributed by atoms with Crippen LogP contribution in [0.1, 0.15) is 5.76 Å². The normalized spacial score (nSPS) is 11.1. The van der Waals surface area contributed by atoms with Gasteiger partial charge in [-0.25, -0.2) is 0 Å². The number of benzene rings is 1. The van der Waals surface area contributed by atoms with Crippen molar-refractivity contribution in [1.82, 2.24) is 0 Å². The van der Waals surface area contributed by atoms with Gasteiger partial charge in [-0.15, -0.1) is 0 Å². The van der Waals surface area contributed by atoms with Crippen LogP contribution in [-0.4, -0.2) is 5.91 Å². The van der Waals surface area contributed by atoms with Crippen molar-refractivity contribution < 1.29 is 9.21 Å². The summed E-state index contributed by atoms with van der Waals surface area (Å²) in [6, 6.07) is 12.4. The number of nitrogens with two attached hydrogens (primary N) is 1. The molecule has 100 valence electrons. The van der Waals surface area contributed by atoms with Crippen molar-refractivity contribution in [3.63, 3.8) is 0 Å². The third-order valence-corrected chi connectivity index (χ3v) is 3.49. The highest BCUT2D eigenvalue weighted by Crippen LogP contribution is 2.30. The number of carbonyl (C=O) groups excluding carboxylic acids is 1. The van der Waals surface area contributed by atoms with E-state index in [0.717, 1.165) is 4.90 Å². The average molecular weight is 305 g/mol. The van der Waals surface area contributed by atoms with Gasteiger partial charge in [-0.1, -0.05) is 23.4 Å². The zero-order valence-electron chi connectivity index (χ0n) is 10.2. The van der Waals surface area contributed by atoms with E-state index in [1.54, 1.807) is 30.3 Å². The van der Waals surface area contributed by atoms with Gasteiger partial charge in [0.2, 0.25) is 0 Å². The first kappa shape index (κ1) is 14.3. The van der Waals surface area contributed by atoms with Crippen LogP contribution in [0.4, 0.5) is 0 Å². The smallest absolute Gasteiger partial charge is 0.259 e. The van der Waals surface area contributed by atoms with E-state index < -0.39 is 5.91 Å². The molecule has 0 fully saturated rings. The Morgan fingerprint density at radius 3 is 2.60 bits per heavy atom. The molecule has 0 spiro atoms. The molecule has 2 rings (SSSR count). The van der Waals surface area contributed by atoms with E-state index in [9.17, 15) is 4.79 Å². The lowest BCUT2D eigenvalue weighted by molar-refractivity contribution is -0.114. The first-order valence-electron chi connectivity index (χ1n) is 5.53. The molecule has 1 amide bonds. The third kappa shape index (κ3) is 3.67. The molecule has 0 aliphatic rings. The van der Waals surface area contributed by atoms with E-state index >= 15 is 0 Å². The number of amides is 1.